The fraction of sp³-hybridized carbons (Fsp3) is 0. The number of nitrogens with zero attached hydrogens (tertiary/aromatic N) is 5. The van der Waals surface area contributed by atoms with Gasteiger partial charge in [0, 0.05) is 62.2 Å². The van der Waals surface area contributed by atoms with Gasteiger partial charge in [-0.2, -0.15) is 0 Å². The molecule has 0 bridgehead atoms. The minimum absolute atomic E-state index is 0.0461. The molecule has 12 rings (SSSR count). The van der Waals surface area contributed by atoms with E-state index in [0.29, 0.717) is 17.5 Å². The minimum Gasteiger partial charge on any atom is -0.399 e. The van der Waals surface area contributed by atoms with Gasteiger partial charge in [0.25, 0.3) is 6.71 Å². The van der Waals surface area contributed by atoms with Crippen molar-refractivity contribution in [2.45, 2.75) is 0 Å². The standard InChI is InChI=1S/C57H40BN7/c59-44-27-19-37(20-28-44)39-23-31-46(32-24-39)64-50-17-9-7-15-48(50)58-49-16-8-10-18-51(49)65(47-33-25-40(26-34-47)38-21-29-45(60)30-22-38)53-36-43(35-52(64)54(53)58)57-62-55(41-11-3-1-4-12-41)61-56(63-57)42-13-5-2-6-14-42/h1-36H,59-60H2. The van der Waals surface area contributed by atoms with Crippen LogP contribution in [-0.2, 0) is 0 Å². The van der Waals surface area contributed by atoms with Gasteiger partial charge >= 0.3 is 0 Å². The van der Waals surface area contributed by atoms with E-state index < -0.39 is 0 Å². The highest BCUT2D eigenvalue weighted by atomic mass is 15.2. The highest BCUT2D eigenvalue weighted by Crippen LogP contribution is 2.46. The van der Waals surface area contributed by atoms with Crippen LogP contribution in [-0.4, -0.2) is 21.7 Å². The normalized spacial score (nSPS) is 12.3. The lowest BCUT2D eigenvalue weighted by Gasteiger charge is -2.44. The van der Waals surface area contributed by atoms with Crippen LogP contribution in [0.5, 0.6) is 0 Å². The summed E-state index contributed by atoms with van der Waals surface area (Å²) < 4.78 is 0. The summed E-state index contributed by atoms with van der Waals surface area (Å²) in [7, 11) is 0. The monoisotopic (exact) mass is 833 g/mol. The Hall–Kier alpha value is -8.75. The molecular formula is C57H40BN7. The molecule has 4 N–H and O–H groups in total. The summed E-state index contributed by atoms with van der Waals surface area (Å²) in [4.78, 5) is 20.4. The molecule has 0 atom stereocenters. The molecule has 306 valence electrons. The quantitative estimate of drug-likeness (QED) is 0.122. The second-order valence-electron chi connectivity index (χ2n) is 16.5. The zero-order valence-corrected chi connectivity index (χ0v) is 35.3. The van der Waals surface area contributed by atoms with Crippen molar-refractivity contribution in [1.29, 1.82) is 0 Å². The first-order chi connectivity index (χ1) is 32.0. The summed E-state index contributed by atoms with van der Waals surface area (Å²) in [5.74, 6) is 1.81. The van der Waals surface area contributed by atoms with E-state index in [1.165, 1.54) is 16.4 Å². The maximum Gasteiger partial charge on any atom is 0.252 e. The molecular weight excluding hydrogens is 793 g/mol. The van der Waals surface area contributed by atoms with E-state index in [4.69, 9.17) is 26.4 Å². The van der Waals surface area contributed by atoms with E-state index in [1.54, 1.807) is 0 Å². The average Bonchev–Trinajstić information content (AvgIpc) is 3.37. The van der Waals surface area contributed by atoms with Gasteiger partial charge in [0.2, 0.25) is 0 Å². The first kappa shape index (κ1) is 38.0. The Labute approximate surface area is 378 Å². The van der Waals surface area contributed by atoms with Gasteiger partial charge in [0.05, 0.1) is 0 Å². The van der Waals surface area contributed by atoms with Crippen molar-refractivity contribution in [1.82, 2.24) is 15.0 Å². The summed E-state index contributed by atoms with van der Waals surface area (Å²) >= 11 is 0. The second-order valence-corrected chi connectivity index (χ2v) is 16.5. The van der Waals surface area contributed by atoms with Crippen LogP contribution < -0.4 is 37.7 Å². The maximum absolute atomic E-state index is 6.07. The summed E-state index contributed by atoms with van der Waals surface area (Å²) in [6.07, 6.45) is 0. The lowest BCUT2D eigenvalue weighted by atomic mass is 9.33. The van der Waals surface area contributed by atoms with Gasteiger partial charge in [-0.3, -0.25) is 0 Å². The Balaban J connectivity index is 1.12. The molecule has 9 aromatic carbocycles. The molecule has 0 amide bonds. The number of aromatic nitrogens is 3. The number of anilines is 8. The lowest BCUT2D eigenvalue weighted by Crippen LogP contribution is -2.61. The number of nitrogen functional groups attached to an aromatic ring is 2. The van der Waals surface area contributed by atoms with Gasteiger partial charge in [-0.1, -0.05) is 146 Å². The van der Waals surface area contributed by atoms with E-state index in [1.807, 2.05) is 60.7 Å². The number of para-hydroxylation sites is 2. The van der Waals surface area contributed by atoms with Gasteiger partial charge in [-0.25, -0.2) is 15.0 Å². The van der Waals surface area contributed by atoms with Crippen LogP contribution in [0.25, 0.3) is 56.4 Å². The Kier molecular flexibility index (Phi) is 9.09. The van der Waals surface area contributed by atoms with Crippen LogP contribution in [0.3, 0.4) is 0 Å². The van der Waals surface area contributed by atoms with Crippen molar-refractivity contribution in [3.8, 4) is 56.4 Å². The highest BCUT2D eigenvalue weighted by Gasteiger charge is 2.43. The SMILES string of the molecule is Nc1ccc(-c2ccc(N3c4ccccc4B4c5ccccc5N(c5ccc(-c6ccc(N)cc6)cc5)c5cc(-c6nc(-c7ccccc7)nc(-c7ccccc7)n6)cc3c54)cc2)cc1. The van der Waals surface area contributed by atoms with Crippen molar-refractivity contribution in [2.75, 3.05) is 21.3 Å². The van der Waals surface area contributed by atoms with Crippen molar-refractivity contribution in [3.05, 3.63) is 218 Å². The van der Waals surface area contributed by atoms with Gasteiger partial charge in [0.15, 0.2) is 17.5 Å². The molecule has 0 saturated heterocycles. The van der Waals surface area contributed by atoms with E-state index >= 15 is 0 Å². The Morgan fingerprint density at radius 3 is 1.05 bits per heavy atom. The molecule has 2 aliphatic rings. The topological polar surface area (TPSA) is 97.2 Å². The molecule has 0 radical (unpaired) electrons. The first-order valence-corrected chi connectivity index (χ1v) is 21.8. The largest absolute Gasteiger partial charge is 0.399 e. The number of fused-ring (bicyclic) bond motifs is 4. The number of benzene rings is 9. The molecule has 0 aliphatic carbocycles. The summed E-state index contributed by atoms with van der Waals surface area (Å²) in [5.41, 5.74) is 30.9. The van der Waals surface area contributed by atoms with Crippen molar-refractivity contribution < 1.29 is 0 Å². The number of hydrogen-bond acceptors (Lipinski definition) is 7. The molecule has 2 aliphatic heterocycles. The molecule has 7 nitrogen and oxygen atoms in total. The van der Waals surface area contributed by atoms with E-state index in [0.717, 1.165) is 84.4 Å². The molecule has 0 unspecified atom stereocenters. The predicted octanol–water partition coefficient (Wildman–Crippen LogP) is 11.5. The second kappa shape index (κ2) is 15.6. The number of hydrogen-bond donors (Lipinski definition) is 2. The Morgan fingerprint density at radius 2 is 0.646 bits per heavy atom. The van der Waals surface area contributed by atoms with Crippen molar-refractivity contribution >= 4 is 68.6 Å². The molecule has 0 fully saturated rings. The molecule has 65 heavy (non-hydrogen) atoms. The molecule has 3 heterocycles. The first-order valence-electron chi connectivity index (χ1n) is 21.8. The Morgan fingerprint density at radius 1 is 0.308 bits per heavy atom. The van der Waals surface area contributed by atoms with Crippen LogP contribution in [0.2, 0.25) is 0 Å². The van der Waals surface area contributed by atoms with Crippen LogP contribution in [0.15, 0.2) is 218 Å². The van der Waals surface area contributed by atoms with Crippen LogP contribution in [0, 0.1) is 0 Å². The molecule has 1 aromatic heterocycles. The maximum atomic E-state index is 6.07. The van der Waals surface area contributed by atoms with E-state index in [9.17, 15) is 0 Å². The van der Waals surface area contributed by atoms with Gasteiger partial charge in [-0.05, 0) is 111 Å². The average molecular weight is 834 g/mol. The van der Waals surface area contributed by atoms with Crippen LogP contribution in [0.1, 0.15) is 0 Å². The lowest BCUT2D eigenvalue weighted by molar-refractivity contribution is 1.07. The minimum atomic E-state index is -0.0461. The number of nitrogens with two attached hydrogens (primary N) is 2. The van der Waals surface area contributed by atoms with Gasteiger partial charge in [0.1, 0.15) is 0 Å². The predicted molar refractivity (Wildman–Crippen MR) is 270 cm³/mol. The summed E-state index contributed by atoms with van der Waals surface area (Å²) in [6.45, 7) is -0.0461. The fourth-order valence-corrected chi connectivity index (χ4v) is 9.48. The third kappa shape index (κ3) is 6.67. The summed E-state index contributed by atoms with van der Waals surface area (Å²) in [5, 5.41) is 0. The van der Waals surface area contributed by atoms with E-state index in [-0.39, 0.29) is 6.71 Å². The van der Waals surface area contributed by atoms with Crippen molar-refractivity contribution in [2.24, 2.45) is 0 Å². The van der Waals surface area contributed by atoms with E-state index in [2.05, 4.69) is 168 Å². The fourth-order valence-electron chi connectivity index (χ4n) is 9.48. The molecule has 0 spiro atoms. The van der Waals surface area contributed by atoms with Crippen LogP contribution in [0.4, 0.5) is 45.5 Å². The molecule has 10 aromatic rings. The number of rotatable bonds is 7. The van der Waals surface area contributed by atoms with Crippen LogP contribution >= 0.6 is 0 Å². The summed E-state index contributed by atoms with van der Waals surface area (Å²) in [6, 6.07) is 76.3. The third-order valence-electron chi connectivity index (χ3n) is 12.6. The van der Waals surface area contributed by atoms with Gasteiger partial charge in [-0.15, -0.1) is 0 Å². The zero-order chi connectivity index (χ0) is 43.4. The smallest absolute Gasteiger partial charge is 0.252 e. The third-order valence-corrected chi connectivity index (χ3v) is 12.6. The molecule has 8 heteroatoms. The highest BCUT2D eigenvalue weighted by molar-refractivity contribution is 7.00. The molecule has 0 saturated carbocycles. The van der Waals surface area contributed by atoms with Crippen molar-refractivity contribution in [3.63, 3.8) is 0 Å². The van der Waals surface area contributed by atoms with Gasteiger partial charge < -0.3 is 21.3 Å². The zero-order valence-electron chi connectivity index (χ0n) is 35.3. The Bertz CT molecular complexity index is 3160.